The Morgan fingerprint density at radius 2 is 1.74 bits per heavy atom. The zero-order valence-electron chi connectivity index (χ0n) is 17.7. The lowest BCUT2D eigenvalue weighted by Gasteiger charge is -2.13. The van der Waals surface area contributed by atoms with Gasteiger partial charge in [-0.1, -0.05) is 49.2 Å². The summed E-state index contributed by atoms with van der Waals surface area (Å²) >= 11 is 0. The predicted molar refractivity (Wildman–Crippen MR) is 127 cm³/mol. The largest absolute Gasteiger partial charge is 0.330 e. The lowest BCUT2D eigenvalue weighted by molar-refractivity contribution is 0.589. The van der Waals surface area contributed by atoms with Gasteiger partial charge < -0.3 is 15.6 Å². The molecular weight excluding hydrogens is 384 g/mol. The molecule has 0 bridgehead atoms. The van der Waals surface area contributed by atoms with Gasteiger partial charge in [0, 0.05) is 22.9 Å². The van der Waals surface area contributed by atoms with Crippen LogP contribution in [-0.2, 0) is 13.1 Å². The highest BCUT2D eigenvalue weighted by Crippen LogP contribution is 2.36. The number of unbranched alkanes of at least 4 members (excludes halogenated alkanes) is 3. The summed E-state index contributed by atoms with van der Waals surface area (Å²) in [6, 6.07) is 18.2. The van der Waals surface area contributed by atoms with E-state index in [1.807, 2.05) is 34.9 Å². The molecule has 0 amide bonds. The SMILES string of the molecule is NCCCCCCNCc1c2c(nc3ccccc13)-c1cc3ccccc3c(=O)n1C2. The Labute approximate surface area is 181 Å². The molecule has 158 valence electrons. The van der Waals surface area contributed by atoms with Gasteiger partial charge in [0.2, 0.25) is 0 Å². The van der Waals surface area contributed by atoms with E-state index in [4.69, 9.17) is 10.7 Å². The quantitative estimate of drug-likeness (QED) is 0.375. The molecule has 4 aromatic rings. The molecule has 1 aliphatic heterocycles. The number of hydrogen-bond donors (Lipinski definition) is 2. The fraction of sp³-hybridized carbons (Fsp3) is 0.308. The minimum atomic E-state index is 0.0639. The third-order valence-electron chi connectivity index (χ3n) is 6.30. The van der Waals surface area contributed by atoms with Crippen molar-refractivity contribution in [2.24, 2.45) is 5.73 Å². The van der Waals surface area contributed by atoms with Crippen LogP contribution in [0.1, 0.15) is 36.8 Å². The fourth-order valence-corrected chi connectivity index (χ4v) is 4.67. The van der Waals surface area contributed by atoms with Crippen molar-refractivity contribution in [3.05, 3.63) is 76.1 Å². The highest BCUT2D eigenvalue weighted by atomic mass is 16.1. The number of nitrogens with two attached hydrogens (primary N) is 1. The molecule has 0 unspecified atom stereocenters. The van der Waals surface area contributed by atoms with Crippen LogP contribution in [0.15, 0.2) is 59.4 Å². The number of rotatable bonds is 8. The number of fused-ring (bicyclic) bond motifs is 5. The first-order valence-corrected chi connectivity index (χ1v) is 11.2. The van der Waals surface area contributed by atoms with Crippen LogP contribution < -0.4 is 16.6 Å². The molecule has 0 radical (unpaired) electrons. The first-order valence-electron chi connectivity index (χ1n) is 11.2. The molecule has 0 saturated carbocycles. The maximum absolute atomic E-state index is 13.2. The maximum Gasteiger partial charge on any atom is 0.259 e. The van der Waals surface area contributed by atoms with Gasteiger partial charge in [-0.3, -0.25) is 4.79 Å². The molecule has 3 heterocycles. The monoisotopic (exact) mass is 412 g/mol. The fourth-order valence-electron chi connectivity index (χ4n) is 4.67. The van der Waals surface area contributed by atoms with E-state index < -0.39 is 0 Å². The molecule has 2 aromatic heterocycles. The molecule has 0 atom stereocenters. The van der Waals surface area contributed by atoms with Crippen molar-refractivity contribution in [3.63, 3.8) is 0 Å². The van der Waals surface area contributed by atoms with E-state index >= 15 is 0 Å². The van der Waals surface area contributed by atoms with Crippen LogP contribution in [0.5, 0.6) is 0 Å². The van der Waals surface area contributed by atoms with Crippen molar-refractivity contribution in [3.8, 4) is 11.4 Å². The number of pyridine rings is 2. The average Bonchev–Trinajstić information content (AvgIpc) is 3.16. The third kappa shape index (κ3) is 3.64. The smallest absolute Gasteiger partial charge is 0.259 e. The highest BCUT2D eigenvalue weighted by Gasteiger charge is 2.26. The van der Waals surface area contributed by atoms with E-state index in [9.17, 15) is 4.79 Å². The first kappa shape index (κ1) is 19.9. The molecule has 5 nitrogen and oxygen atoms in total. The molecule has 2 aromatic carbocycles. The van der Waals surface area contributed by atoms with Crippen molar-refractivity contribution in [2.45, 2.75) is 38.8 Å². The Kier molecular flexibility index (Phi) is 5.53. The zero-order valence-corrected chi connectivity index (χ0v) is 17.7. The number of aromatic nitrogens is 2. The van der Waals surface area contributed by atoms with Gasteiger partial charge >= 0.3 is 0 Å². The van der Waals surface area contributed by atoms with E-state index in [2.05, 4.69) is 29.6 Å². The van der Waals surface area contributed by atoms with Crippen LogP contribution in [0.3, 0.4) is 0 Å². The molecule has 0 aliphatic carbocycles. The van der Waals surface area contributed by atoms with Gasteiger partial charge in [-0.25, -0.2) is 4.98 Å². The summed E-state index contributed by atoms with van der Waals surface area (Å²) in [5, 5.41) is 6.53. The summed E-state index contributed by atoms with van der Waals surface area (Å²) in [5.74, 6) is 0. The lowest BCUT2D eigenvalue weighted by Crippen LogP contribution is -2.20. The molecule has 0 fully saturated rings. The van der Waals surface area contributed by atoms with Crippen LogP contribution in [-0.4, -0.2) is 22.6 Å². The highest BCUT2D eigenvalue weighted by molar-refractivity contribution is 5.91. The molecule has 1 aliphatic rings. The molecule has 0 saturated heterocycles. The Balaban J connectivity index is 1.51. The van der Waals surface area contributed by atoms with Gasteiger partial charge in [0.05, 0.1) is 23.4 Å². The Hall–Kier alpha value is -3.02. The van der Waals surface area contributed by atoms with E-state index in [-0.39, 0.29) is 5.56 Å². The molecular formula is C26H28N4O. The zero-order chi connectivity index (χ0) is 21.2. The normalized spacial score (nSPS) is 12.4. The molecule has 5 rings (SSSR count). The Bertz CT molecular complexity index is 1310. The second kappa shape index (κ2) is 8.61. The molecule has 0 spiro atoms. The van der Waals surface area contributed by atoms with E-state index in [0.717, 1.165) is 60.2 Å². The van der Waals surface area contributed by atoms with Crippen LogP contribution in [0, 0.1) is 0 Å². The summed E-state index contributed by atoms with van der Waals surface area (Å²) in [5.41, 5.74) is 10.9. The third-order valence-corrected chi connectivity index (χ3v) is 6.30. The number of hydrogen-bond acceptors (Lipinski definition) is 4. The first-order chi connectivity index (χ1) is 15.3. The van der Waals surface area contributed by atoms with Crippen molar-refractivity contribution >= 4 is 21.7 Å². The van der Waals surface area contributed by atoms with Gasteiger partial charge in [-0.15, -0.1) is 0 Å². The second-order valence-corrected chi connectivity index (χ2v) is 8.32. The van der Waals surface area contributed by atoms with Crippen LogP contribution in [0.4, 0.5) is 0 Å². The van der Waals surface area contributed by atoms with Crippen molar-refractivity contribution in [1.82, 2.24) is 14.9 Å². The summed E-state index contributed by atoms with van der Waals surface area (Å²) in [6.07, 6.45) is 4.64. The second-order valence-electron chi connectivity index (χ2n) is 8.32. The summed E-state index contributed by atoms with van der Waals surface area (Å²) in [7, 11) is 0. The summed E-state index contributed by atoms with van der Waals surface area (Å²) in [4.78, 5) is 18.2. The number of nitrogens with one attached hydrogen (secondary N) is 1. The van der Waals surface area contributed by atoms with Crippen molar-refractivity contribution in [1.29, 1.82) is 0 Å². The topological polar surface area (TPSA) is 72.9 Å². The van der Waals surface area contributed by atoms with Gasteiger partial charge in [-0.2, -0.15) is 0 Å². The van der Waals surface area contributed by atoms with Crippen LogP contribution >= 0.6 is 0 Å². The number of para-hydroxylation sites is 1. The van der Waals surface area contributed by atoms with Crippen LogP contribution in [0.25, 0.3) is 33.1 Å². The number of nitrogens with zero attached hydrogens (tertiary/aromatic N) is 2. The summed E-state index contributed by atoms with van der Waals surface area (Å²) < 4.78 is 1.88. The maximum atomic E-state index is 13.2. The predicted octanol–water partition coefficient (Wildman–Crippen LogP) is 4.19. The molecule has 3 N–H and O–H groups in total. The Morgan fingerprint density at radius 1 is 0.968 bits per heavy atom. The van der Waals surface area contributed by atoms with Gasteiger partial charge in [-0.05, 0) is 55.1 Å². The molecule has 31 heavy (non-hydrogen) atoms. The summed E-state index contributed by atoms with van der Waals surface area (Å²) in [6.45, 7) is 3.12. The molecule has 5 heteroatoms. The standard InChI is InChI=1S/C26H28N4O/c27-13-7-1-2-8-14-28-16-21-20-11-5-6-12-23(20)29-25-22(21)17-30-24(25)15-18-9-3-4-10-19(18)26(30)31/h3-6,9-12,15,28H,1-2,7-8,13-14,16-17,27H2. The van der Waals surface area contributed by atoms with Crippen LogP contribution in [0.2, 0.25) is 0 Å². The van der Waals surface area contributed by atoms with E-state index in [1.54, 1.807) is 0 Å². The van der Waals surface area contributed by atoms with E-state index in [1.165, 1.54) is 29.4 Å². The van der Waals surface area contributed by atoms with Crippen molar-refractivity contribution in [2.75, 3.05) is 13.1 Å². The number of benzene rings is 2. The minimum absolute atomic E-state index is 0.0639. The van der Waals surface area contributed by atoms with E-state index in [0.29, 0.717) is 6.54 Å². The van der Waals surface area contributed by atoms with Crippen molar-refractivity contribution < 1.29 is 0 Å². The van der Waals surface area contributed by atoms with Gasteiger partial charge in [0.15, 0.2) is 0 Å². The lowest BCUT2D eigenvalue weighted by atomic mass is 10.00. The minimum Gasteiger partial charge on any atom is -0.330 e. The average molecular weight is 413 g/mol. The van der Waals surface area contributed by atoms with Gasteiger partial charge in [0.1, 0.15) is 0 Å². The van der Waals surface area contributed by atoms with Gasteiger partial charge in [0.25, 0.3) is 5.56 Å². The Morgan fingerprint density at radius 3 is 2.61 bits per heavy atom.